The number of benzene rings is 2. The lowest BCUT2D eigenvalue weighted by molar-refractivity contribution is -0.118. The van der Waals surface area contributed by atoms with E-state index in [0.29, 0.717) is 22.0 Å². The molecule has 2 aromatic carbocycles. The van der Waals surface area contributed by atoms with Crippen molar-refractivity contribution in [3.8, 4) is 11.8 Å². The number of halogens is 1. The Kier molecular flexibility index (Phi) is 6.17. The molecule has 27 heavy (non-hydrogen) atoms. The molecule has 1 saturated heterocycles. The minimum absolute atomic E-state index is 0.187. The molecule has 2 aromatic rings. The number of para-hydroxylation sites is 1. The molecule has 0 spiro atoms. The van der Waals surface area contributed by atoms with E-state index >= 15 is 0 Å². The molecule has 0 saturated carbocycles. The first-order chi connectivity index (χ1) is 13.1. The predicted molar refractivity (Wildman–Crippen MR) is 106 cm³/mol. The number of anilines is 2. The molecule has 6 nitrogen and oxygen atoms in total. The van der Waals surface area contributed by atoms with Crippen LogP contribution in [-0.4, -0.2) is 50.6 Å². The summed E-state index contributed by atoms with van der Waals surface area (Å²) < 4.78 is 5.50. The number of hydrogen-bond donors (Lipinski definition) is 1. The van der Waals surface area contributed by atoms with Gasteiger partial charge in [0.15, 0.2) is 6.61 Å². The molecule has 0 aromatic heterocycles. The maximum atomic E-state index is 12.4. The van der Waals surface area contributed by atoms with Gasteiger partial charge >= 0.3 is 0 Å². The van der Waals surface area contributed by atoms with Crippen LogP contribution >= 0.6 is 11.6 Å². The van der Waals surface area contributed by atoms with Crippen molar-refractivity contribution < 1.29 is 9.53 Å². The quantitative estimate of drug-likeness (QED) is 0.858. The molecule has 7 heteroatoms. The Hall–Kier alpha value is -2.75. The van der Waals surface area contributed by atoms with Gasteiger partial charge in [0.1, 0.15) is 11.8 Å². The molecule has 1 N–H and O–H groups in total. The summed E-state index contributed by atoms with van der Waals surface area (Å²) in [6, 6.07) is 14.4. The lowest BCUT2D eigenvalue weighted by Crippen LogP contribution is -2.44. The first-order valence-corrected chi connectivity index (χ1v) is 9.09. The average molecular weight is 385 g/mol. The minimum atomic E-state index is -0.305. The van der Waals surface area contributed by atoms with E-state index in [4.69, 9.17) is 21.6 Å². The van der Waals surface area contributed by atoms with Gasteiger partial charge in [0.05, 0.1) is 16.9 Å². The predicted octanol–water partition coefficient (Wildman–Crippen LogP) is 2.98. The topological polar surface area (TPSA) is 68.6 Å². The van der Waals surface area contributed by atoms with Crippen molar-refractivity contribution in [1.29, 1.82) is 5.26 Å². The Balaban J connectivity index is 1.68. The molecule has 1 fully saturated rings. The van der Waals surface area contributed by atoms with Crippen LogP contribution in [0.15, 0.2) is 42.5 Å². The number of carbonyl (C=O) groups excluding carboxylic acids is 1. The molecule has 0 atom stereocenters. The normalized spacial score (nSPS) is 14.5. The number of rotatable bonds is 5. The van der Waals surface area contributed by atoms with Crippen LogP contribution in [0, 0.1) is 11.3 Å². The summed E-state index contributed by atoms with van der Waals surface area (Å²) >= 11 is 6.13. The summed E-state index contributed by atoms with van der Waals surface area (Å²) in [6.45, 7) is 3.50. The van der Waals surface area contributed by atoms with E-state index in [1.165, 1.54) is 0 Å². The molecular weight excluding hydrogens is 364 g/mol. The fraction of sp³-hybridized carbons (Fsp3) is 0.300. The van der Waals surface area contributed by atoms with E-state index in [9.17, 15) is 4.79 Å². The van der Waals surface area contributed by atoms with Crippen molar-refractivity contribution in [2.45, 2.75) is 0 Å². The van der Waals surface area contributed by atoms with Crippen LogP contribution in [0.1, 0.15) is 5.56 Å². The zero-order chi connectivity index (χ0) is 19.2. The van der Waals surface area contributed by atoms with E-state index in [0.717, 1.165) is 31.9 Å². The average Bonchev–Trinajstić information content (AvgIpc) is 2.67. The standard InChI is InChI=1S/C20H21ClN4O2/c1-24-8-10-25(11-9-24)18-7-6-16(21)12-17(18)23-20(26)14-27-19-5-3-2-4-15(19)13-22/h2-7,12H,8-11,14H2,1H3,(H,23,26). The van der Waals surface area contributed by atoms with Crippen molar-refractivity contribution in [3.05, 3.63) is 53.1 Å². The van der Waals surface area contributed by atoms with E-state index < -0.39 is 0 Å². The monoisotopic (exact) mass is 384 g/mol. The second-order valence-electron chi connectivity index (χ2n) is 6.40. The zero-order valence-corrected chi connectivity index (χ0v) is 15.9. The Morgan fingerprint density at radius 1 is 1.22 bits per heavy atom. The van der Waals surface area contributed by atoms with E-state index in [2.05, 4.69) is 22.2 Å². The number of nitrogens with zero attached hydrogens (tertiary/aromatic N) is 3. The summed E-state index contributed by atoms with van der Waals surface area (Å²) in [5, 5.41) is 12.5. The van der Waals surface area contributed by atoms with Crippen LogP contribution in [0.2, 0.25) is 5.02 Å². The van der Waals surface area contributed by atoms with Crippen LogP contribution in [-0.2, 0) is 4.79 Å². The van der Waals surface area contributed by atoms with Gasteiger partial charge in [-0.05, 0) is 37.4 Å². The largest absolute Gasteiger partial charge is 0.482 e. The molecule has 1 heterocycles. The van der Waals surface area contributed by atoms with Gasteiger partial charge in [0, 0.05) is 31.2 Å². The molecule has 0 unspecified atom stereocenters. The van der Waals surface area contributed by atoms with Gasteiger partial charge in [-0.3, -0.25) is 4.79 Å². The molecule has 1 aliphatic rings. The Labute approximate surface area is 163 Å². The van der Waals surface area contributed by atoms with Gasteiger partial charge in [0.2, 0.25) is 0 Å². The maximum absolute atomic E-state index is 12.4. The Bertz CT molecular complexity index is 857. The lowest BCUT2D eigenvalue weighted by Gasteiger charge is -2.35. The first kappa shape index (κ1) is 19.0. The SMILES string of the molecule is CN1CCN(c2ccc(Cl)cc2NC(=O)COc2ccccc2C#N)CC1. The van der Waals surface area contributed by atoms with Crippen LogP contribution in [0.25, 0.3) is 0 Å². The van der Waals surface area contributed by atoms with Crippen molar-refractivity contribution in [3.63, 3.8) is 0 Å². The fourth-order valence-electron chi connectivity index (χ4n) is 2.95. The highest BCUT2D eigenvalue weighted by molar-refractivity contribution is 6.31. The Morgan fingerprint density at radius 2 is 1.96 bits per heavy atom. The molecule has 140 valence electrons. The molecule has 1 amide bonds. The minimum Gasteiger partial charge on any atom is -0.482 e. The van der Waals surface area contributed by atoms with Crippen molar-refractivity contribution in [2.75, 3.05) is 50.1 Å². The number of nitrogens with one attached hydrogen (secondary N) is 1. The molecule has 0 bridgehead atoms. The van der Waals surface area contributed by atoms with Gasteiger partial charge in [-0.1, -0.05) is 23.7 Å². The number of amides is 1. The number of carbonyl (C=O) groups is 1. The second-order valence-corrected chi connectivity index (χ2v) is 6.83. The molecule has 0 aliphatic carbocycles. The van der Waals surface area contributed by atoms with E-state index in [-0.39, 0.29) is 12.5 Å². The summed E-state index contributed by atoms with van der Waals surface area (Å²) in [5.74, 6) is 0.0842. The Morgan fingerprint density at radius 3 is 2.70 bits per heavy atom. The number of hydrogen-bond acceptors (Lipinski definition) is 5. The van der Waals surface area contributed by atoms with Crippen molar-refractivity contribution in [1.82, 2.24) is 4.90 Å². The summed E-state index contributed by atoms with van der Waals surface area (Å²) in [5.41, 5.74) is 2.00. The number of likely N-dealkylation sites (N-methyl/N-ethyl adjacent to an activating group) is 1. The van der Waals surface area contributed by atoms with Gasteiger partial charge in [-0.15, -0.1) is 0 Å². The summed E-state index contributed by atoms with van der Waals surface area (Å²) in [6.07, 6.45) is 0. The zero-order valence-electron chi connectivity index (χ0n) is 15.1. The van der Waals surface area contributed by atoms with Gasteiger partial charge in [-0.2, -0.15) is 5.26 Å². The fourth-order valence-corrected chi connectivity index (χ4v) is 3.12. The highest BCUT2D eigenvalue weighted by Gasteiger charge is 2.18. The first-order valence-electron chi connectivity index (χ1n) is 8.71. The third-order valence-electron chi connectivity index (χ3n) is 4.44. The molecule has 3 rings (SSSR count). The van der Waals surface area contributed by atoms with Crippen molar-refractivity contribution >= 4 is 28.9 Å². The second kappa shape index (κ2) is 8.76. The number of piperazine rings is 1. The number of ether oxygens (including phenoxy) is 1. The smallest absolute Gasteiger partial charge is 0.262 e. The molecule has 0 radical (unpaired) electrons. The van der Waals surface area contributed by atoms with Crippen LogP contribution < -0.4 is 15.0 Å². The van der Waals surface area contributed by atoms with Crippen LogP contribution in [0.5, 0.6) is 5.75 Å². The van der Waals surface area contributed by atoms with Gasteiger partial charge < -0.3 is 19.9 Å². The van der Waals surface area contributed by atoms with Gasteiger partial charge in [-0.25, -0.2) is 0 Å². The third-order valence-corrected chi connectivity index (χ3v) is 4.68. The maximum Gasteiger partial charge on any atom is 0.262 e. The molecule has 1 aliphatic heterocycles. The summed E-state index contributed by atoms with van der Waals surface area (Å²) in [7, 11) is 2.10. The third kappa shape index (κ3) is 4.91. The molecular formula is C20H21ClN4O2. The van der Waals surface area contributed by atoms with E-state index in [1.54, 1.807) is 30.3 Å². The van der Waals surface area contributed by atoms with Crippen LogP contribution in [0.3, 0.4) is 0 Å². The van der Waals surface area contributed by atoms with E-state index in [1.807, 2.05) is 18.2 Å². The van der Waals surface area contributed by atoms with Gasteiger partial charge in [0.25, 0.3) is 5.91 Å². The highest BCUT2D eigenvalue weighted by atomic mass is 35.5. The number of nitriles is 1. The van der Waals surface area contributed by atoms with Crippen molar-refractivity contribution in [2.24, 2.45) is 0 Å². The summed E-state index contributed by atoms with van der Waals surface area (Å²) in [4.78, 5) is 16.9. The lowest BCUT2D eigenvalue weighted by atomic mass is 10.2. The van der Waals surface area contributed by atoms with Crippen LogP contribution in [0.4, 0.5) is 11.4 Å². The highest BCUT2D eigenvalue weighted by Crippen LogP contribution is 2.30.